The maximum Gasteiger partial charge on any atom is 0.0992 e. The maximum absolute atomic E-state index is 9.77. The number of rotatable bonds is 2. The van der Waals surface area contributed by atoms with E-state index >= 15 is 0 Å². The van der Waals surface area contributed by atoms with E-state index in [2.05, 4.69) is 84.9 Å². The second kappa shape index (κ2) is 7.11. The molecule has 0 amide bonds. The zero-order chi connectivity index (χ0) is 21.6. The highest BCUT2D eigenvalue weighted by Crippen LogP contribution is 2.39. The van der Waals surface area contributed by atoms with E-state index in [1.54, 1.807) is 12.4 Å². The molecule has 0 aliphatic heterocycles. The zero-order valence-electron chi connectivity index (χ0n) is 17.9. The van der Waals surface area contributed by atoms with Crippen molar-refractivity contribution < 1.29 is 0 Å². The predicted molar refractivity (Wildman–Crippen MR) is 127 cm³/mol. The molecule has 5 rings (SSSR count). The summed E-state index contributed by atoms with van der Waals surface area (Å²) < 4.78 is 2.32. The van der Waals surface area contributed by atoms with Crippen LogP contribution in [0.1, 0.15) is 31.9 Å². The Morgan fingerprint density at radius 2 is 1.55 bits per heavy atom. The molecule has 31 heavy (non-hydrogen) atoms. The summed E-state index contributed by atoms with van der Waals surface area (Å²) in [6.45, 7) is 6.74. The quantitative estimate of drug-likeness (QED) is 0.319. The van der Waals surface area contributed by atoms with Gasteiger partial charge in [0.1, 0.15) is 0 Å². The summed E-state index contributed by atoms with van der Waals surface area (Å²) in [5, 5.41) is 12.2. The fourth-order valence-corrected chi connectivity index (χ4v) is 4.41. The molecule has 3 aromatic carbocycles. The number of hydrogen-bond donors (Lipinski definition) is 0. The highest BCUT2D eigenvalue weighted by molar-refractivity contribution is 6.10. The number of para-hydroxylation sites is 2. The minimum atomic E-state index is -0.0214. The van der Waals surface area contributed by atoms with Crippen LogP contribution in [0.2, 0.25) is 0 Å². The third-order valence-electron chi connectivity index (χ3n) is 5.82. The molecule has 2 heterocycles. The van der Waals surface area contributed by atoms with Gasteiger partial charge < -0.3 is 4.57 Å². The summed E-state index contributed by atoms with van der Waals surface area (Å²) in [4.78, 5) is 4.14. The Balaban J connectivity index is 1.92. The van der Waals surface area contributed by atoms with Crippen molar-refractivity contribution in [2.45, 2.75) is 26.2 Å². The van der Waals surface area contributed by atoms with Gasteiger partial charge in [-0.2, -0.15) is 5.26 Å². The molecule has 0 aliphatic carbocycles. The van der Waals surface area contributed by atoms with E-state index < -0.39 is 0 Å². The molecule has 3 nitrogen and oxygen atoms in total. The Kier molecular flexibility index (Phi) is 4.38. The van der Waals surface area contributed by atoms with Gasteiger partial charge in [0.05, 0.1) is 22.7 Å². The predicted octanol–water partition coefficient (Wildman–Crippen LogP) is 7.01. The average molecular weight is 402 g/mol. The molecule has 0 aliphatic rings. The Hall–Kier alpha value is -3.90. The first kappa shape index (κ1) is 19.1. The summed E-state index contributed by atoms with van der Waals surface area (Å²) in [5.41, 5.74) is 7.30. The maximum atomic E-state index is 9.77. The normalized spacial score (nSPS) is 11.7. The molecule has 0 unspecified atom stereocenters. The average Bonchev–Trinajstić information content (AvgIpc) is 3.13. The van der Waals surface area contributed by atoms with Crippen molar-refractivity contribution in [3.63, 3.8) is 0 Å². The van der Waals surface area contributed by atoms with Crippen molar-refractivity contribution in [2.75, 3.05) is 0 Å². The molecule has 0 spiro atoms. The van der Waals surface area contributed by atoms with Gasteiger partial charge in [0.25, 0.3) is 0 Å². The molecule has 5 aromatic rings. The fraction of sp³-hybridized carbons (Fsp3) is 0.143. The van der Waals surface area contributed by atoms with E-state index in [4.69, 9.17) is 0 Å². The molecule has 0 saturated heterocycles. The van der Waals surface area contributed by atoms with E-state index in [-0.39, 0.29) is 5.41 Å². The van der Waals surface area contributed by atoms with Gasteiger partial charge in [-0.3, -0.25) is 4.98 Å². The molecule has 150 valence electrons. The van der Waals surface area contributed by atoms with Crippen LogP contribution in [0.4, 0.5) is 0 Å². The van der Waals surface area contributed by atoms with Gasteiger partial charge in [-0.05, 0) is 58.5 Å². The summed E-state index contributed by atoms with van der Waals surface area (Å²) in [5.74, 6) is 0. The van der Waals surface area contributed by atoms with Crippen LogP contribution < -0.4 is 0 Å². The third-order valence-corrected chi connectivity index (χ3v) is 5.82. The van der Waals surface area contributed by atoms with Crippen LogP contribution in [0.15, 0.2) is 85.2 Å². The van der Waals surface area contributed by atoms with Crippen molar-refractivity contribution >= 4 is 21.8 Å². The third kappa shape index (κ3) is 3.17. The zero-order valence-corrected chi connectivity index (χ0v) is 17.9. The lowest BCUT2D eigenvalue weighted by Gasteiger charge is -2.22. The Morgan fingerprint density at radius 3 is 2.29 bits per heavy atom. The molecule has 0 radical (unpaired) electrons. The highest BCUT2D eigenvalue weighted by atomic mass is 15.0. The minimum absolute atomic E-state index is 0.0214. The molecular weight excluding hydrogens is 378 g/mol. The largest absolute Gasteiger partial charge is 0.309 e. The van der Waals surface area contributed by atoms with Crippen molar-refractivity contribution in [1.82, 2.24) is 9.55 Å². The van der Waals surface area contributed by atoms with Crippen LogP contribution >= 0.6 is 0 Å². The van der Waals surface area contributed by atoms with E-state index in [1.165, 1.54) is 21.9 Å². The van der Waals surface area contributed by atoms with Gasteiger partial charge in [-0.25, -0.2) is 0 Å². The molecule has 3 heteroatoms. The minimum Gasteiger partial charge on any atom is -0.309 e. The van der Waals surface area contributed by atoms with Crippen molar-refractivity contribution in [3.05, 3.63) is 96.3 Å². The van der Waals surface area contributed by atoms with Crippen LogP contribution in [0, 0.1) is 11.3 Å². The van der Waals surface area contributed by atoms with E-state index in [0.29, 0.717) is 5.56 Å². The van der Waals surface area contributed by atoms with Crippen LogP contribution in [-0.4, -0.2) is 9.55 Å². The van der Waals surface area contributed by atoms with Gasteiger partial charge in [0, 0.05) is 28.9 Å². The van der Waals surface area contributed by atoms with Crippen molar-refractivity contribution in [3.8, 4) is 22.9 Å². The van der Waals surface area contributed by atoms with Gasteiger partial charge in [0.2, 0.25) is 0 Å². The smallest absolute Gasteiger partial charge is 0.0992 e. The van der Waals surface area contributed by atoms with Crippen LogP contribution in [0.3, 0.4) is 0 Å². The first-order chi connectivity index (χ1) is 15.0. The SMILES string of the molecule is CC(C)(C)c1cccc2c3ccccc3n(-c3cc(C#N)cc(-c4ccncc4)c3)c12. The number of nitrogens with zero attached hydrogens (tertiary/aromatic N) is 3. The molecular formula is C28H23N3. The second-order valence-corrected chi connectivity index (χ2v) is 8.92. The van der Waals surface area contributed by atoms with Crippen LogP contribution in [0.5, 0.6) is 0 Å². The van der Waals surface area contributed by atoms with Crippen LogP contribution in [-0.2, 0) is 5.41 Å². The number of benzene rings is 3. The summed E-state index contributed by atoms with van der Waals surface area (Å²) in [7, 11) is 0. The first-order valence-electron chi connectivity index (χ1n) is 10.5. The highest BCUT2D eigenvalue weighted by Gasteiger charge is 2.22. The summed E-state index contributed by atoms with van der Waals surface area (Å²) in [6, 6.07) is 27.5. The number of aromatic nitrogens is 2. The Bertz CT molecular complexity index is 1460. The van der Waals surface area contributed by atoms with Gasteiger partial charge >= 0.3 is 0 Å². The topological polar surface area (TPSA) is 41.6 Å². The summed E-state index contributed by atoms with van der Waals surface area (Å²) in [6.07, 6.45) is 3.57. The van der Waals surface area contributed by atoms with E-state index in [9.17, 15) is 5.26 Å². The second-order valence-electron chi connectivity index (χ2n) is 8.92. The summed E-state index contributed by atoms with van der Waals surface area (Å²) >= 11 is 0. The lowest BCUT2D eigenvalue weighted by Crippen LogP contribution is -2.13. The van der Waals surface area contributed by atoms with Gasteiger partial charge in [0.15, 0.2) is 0 Å². The van der Waals surface area contributed by atoms with E-state index in [0.717, 1.165) is 22.3 Å². The molecule has 0 saturated carbocycles. The fourth-order valence-electron chi connectivity index (χ4n) is 4.41. The monoisotopic (exact) mass is 401 g/mol. The molecule has 0 bridgehead atoms. The van der Waals surface area contributed by atoms with Crippen molar-refractivity contribution in [2.24, 2.45) is 0 Å². The van der Waals surface area contributed by atoms with E-state index in [1.807, 2.05) is 24.3 Å². The Morgan fingerprint density at radius 1 is 0.806 bits per heavy atom. The number of fused-ring (bicyclic) bond motifs is 3. The standard InChI is InChI=1S/C28H23N3/c1-28(2,3)25-9-6-8-24-23-7-4-5-10-26(23)31(27(24)25)22-16-19(18-29)15-21(17-22)20-11-13-30-14-12-20/h4-17H,1-3H3. The first-order valence-corrected chi connectivity index (χ1v) is 10.5. The molecule has 0 atom stereocenters. The van der Waals surface area contributed by atoms with Crippen molar-refractivity contribution in [1.29, 1.82) is 5.26 Å². The lowest BCUT2D eigenvalue weighted by atomic mass is 9.85. The van der Waals surface area contributed by atoms with Gasteiger partial charge in [-0.15, -0.1) is 0 Å². The number of nitriles is 1. The number of pyridine rings is 1. The van der Waals surface area contributed by atoms with Crippen LogP contribution in [0.25, 0.3) is 38.6 Å². The molecule has 0 N–H and O–H groups in total. The molecule has 0 fully saturated rings. The lowest BCUT2D eigenvalue weighted by molar-refractivity contribution is 0.594. The molecule has 2 aromatic heterocycles. The Labute approximate surface area is 182 Å². The van der Waals surface area contributed by atoms with Gasteiger partial charge in [-0.1, -0.05) is 57.2 Å². The number of hydrogen-bond acceptors (Lipinski definition) is 2.